The summed E-state index contributed by atoms with van der Waals surface area (Å²) in [5.41, 5.74) is 0.365. The molecule has 1 rings (SSSR count). The molecule has 0 aliphatic heterocycles. The molecule has 0 saturated heterocycles. The minimum Gasteiger partial charge on any atom is -0.387 e. The maximum absolute atomic E-state index is 13.3. The van der Waals surface area contributed by atoms with Crippen LogP contribution in [0.25, 0.3) is 0 Å². The van der Waals surface area contributed by atoms with E-state index in [2.05, 4.69) is 19.2 Å². The smallest absolute Gasteiger partial charge is 0.129 e. The van der Waals surface area contributed by atoms with Crippen LogP contribution in [0.2, 0.25) is 0 Å². The molecule has 2 N–H and O–H groups in total. The average molecular weight is 239 g/mol. The number of benzene rings is 1. The summed E-state index contributed by atoms with van der Waals surface area (Å²) >= 11 is 0. The van der Waals surface area contributed by atoms with Gasteiger partial charge in [-0.3, -0.25) is 0 Å². The van der Waals surface area contributed by atoms with Gasteiger partial charge in [0.05, 0.1) is 6.10 Å². The number of aliphatic hydroxyl groups excluding tert-OH is 1. The second-order valence-electron chi connectivity index (χ2n) is 4.78. The predicted octanol–water partition coefficient (Wildman–Crippen LogP) is 2.88. The molecule has 2 nitrogen and oxygen atoms in total. The summed E-state index contributed by atoms with van der Waals surface area (Å²) in [4.78, 5) is 0. The van der Waals surface area contributed by atoms with Gasteiger partial charge in [-0.1, -0.05) is 32.0 Å². The van der Waals surface area contributed by atoms with Gasteiger partial charge < -0.3 is 10.4 Å². The second-order valence-corrected chi connectivity index (χ2v) is 4.78. The Bertz CT molecular complexity index is 328. The first-order valence-corrected chi connectivity index (χ1v) is 6.24. The minimum atomic E-state index is -0.768. The van der Waals surface area contributed by atoms with Crippen LogP contribution in [0.5, 0.6) is 0 Å². The van der Waals surface area contributed by atoms with Gasteiger partial charge in [0, 0.05) is 12.1 Å². The molecule has 0 radical (unpaired) electrons. The molecule has 3 heteroatoms. The lowest BCUT2D eigenvalue weighted by Gasteiger charge is -2.13. The summed E-state index contributed by atoms with van der Waals surface area (Å²) < 4.78 is 13.3. The summed E-state index contributed by atoms with van der Waals surface area (Å²) in [5.74, 6) is 0.359. The normalized spacial score (nSPS) is 13.0. The Morgan fingerprint density at radius 2 is 2.00 bits per heavy atom. The molecule has 0 saturated carbocycles. The lowest BCUT2D eigenvalue weighted by Crippen LogP contribution is -2.23. The van der Waals surface area contributed by atoms with E-state index in [4.69, 9.17) is 0 Å². The topological polar surface area (TPSA) is 32.3 Å². The molecular weight excluding hydrogens is 217 g/mol. The van der Waals surface area contributed by atoms with Crippen LogP contribution in [0.4, 0.5) is 4.39 Å². The predicted molar refractivity (Wildman–Crippen MR) is 68.3 cm³/mol. The molecule has 1 unspecified atom stereocenters. The summed E-state index contributed by atoms with van der Waals surface area (Å²) in [7, 11) is 0. The molecule has 0 aliphatic carbocycles. The number of halogens is 1. The monoisotopic (exact) mass is 239 g/mol. The van der Waals surface area contributed by atoms with E-state index in [9.17, 15) is 9.50 Å². The van der Waals surface area contributed by atoms with Gasteiger partial charge in [0.2, 0.25) is 0 Å². The van der Waals surface area contributed by atoms with E-state index in [0.717, 1.165) is 13.0 Å². The fourth-order valence-corrected chi connectivity index (χ4v) is 1.73. The van der Waals surface area contributed by atoms with Gasteiger partial charge in [-0.2, -0.15) is 0 Å². The van der Waals surface area contributed by atoms with E-state index in [1.54, 1.807) is 18.2 Å². The van der Waals surface area contributed by atoms with Gasteiger partial charge in [-0.15, -0.1) is 0 Å². The summed E-state index contributed by atoms with van der Waals surface area (Å²) in [6.45, 7) is 5.64. The van der Waals surface area contributed by atoms with Gasteiger partial charge in [-0.05, 0) is 31.4 Å². The highest BCUT2D eigenvalue weighted by Crippen LogP contribution is 2.15. The number of aliphatic hydroxyl groups is 1. The van der Waals surface area contributed by atoms with Crippen molar-refractivity contribution in [3.63, 3.8) is 0 Å². The molecule has 0 fully saturated rings. The Labute approximate surface area is 103 Å². The Morgan fingerprint density at radius 3 is 2.65 bits per heavy atom. The standard InChI is InChI=1S/C14H22FNO/c1-11(2)6-5-9-16-10-14(17)12-7-3-4-8-13(12)15/h3-4,7-8,11,14,16-17H,5-6,9-10H2,1-2H3. The van der Waals surface area contributed by atoms with E-state index in [-0.39, 0.29) is 5.82 Å². The lowest BCUT2D eigenvalue weighted by atomic mass is 10.1. The fourth-order valence-electron chi connectivity index (χ4n) is 1.73. The van der Waals surface area contributed by atoms with Crippen molar-refractivity contribution in [1.29, 1.82) is 0 Å². The highest BCUT2D eigenvalue weighted by atomic mass is 19.1. The average Bonchev–Trinajstić information content (AvgIpc) is 2.28. The van der Waals surface area contributed by atoms with Gasteiger partial charge in [-0.25, -0.2) is 4.39 Å². The third-order valence-corrected chi connectivity index (χ3v) is 2.74. The quantitative estimate of drug-likeness (QED) is 0.717. The number of hydrogen-bond acceptors (Lipinski definition) is 2. The molecule has 0 heterocycles. The summed E-state index contributed by atoms with van der Waals surface area (Å²) in [6, 6.07) is 6.36. The first-order chi connectivity index (χ1) is 8.11. The molecule has 1 aromatic carbocycles. The van der Waals surface area contributed by atoms with Crippen LogP contribution in [-0.2, 0) is 0 Å². The SMILES string of the molecule is CC(C)CCCNCC(O)c1ccccc1F. The van der Waals surface area contributed by atoms with Crippen LogP contribution in [-0.4, -0.2) is 18.2 Å². The first kappa shape index (κ1) is 14.1. The van der Waals surface area contributed by atoms with Crippen LogP contribution in [0.1, 0.15) is 38.4 Å². The first-order valence-electron chi connectivity index (χ1n) is 6.24. The molecular formula is C14H22FNO. The Balaban J connectivity index is 2.26. The van der Waals surface area contributed by atoms with E-state index >= 15 is 0 Å². The van der Waals surface area contributed by atoms with Crippen molar-refractivity contribution in [2.24, 2.45) is 5.92 Å². The van der Waals surface area contributed by atoms with Crippen LogP contribution in [0.3, 0.4) is 0 Å². The van der Waals surface area contributed by atoms with E-state index in [0.29, 0.717) is 18.0 Å². The number of hydrogen-bond donors (Lipinski definition) is 2. The van der Waals surface area contributed by atoms with Crippen molar-refractivity contribution >= 4 is 0 Å². The third kappa shape index (κ3) is 5.29. The van der Waals surface area contributed by atoms with Crippen LogP contribution < -0.4 is 5.32 Å². The zero-order chi connectivity index (χ0) is 12.7. The zero-order valence-corrected chi connectivity index (χ0v) is 10.6. The highest BCUT2D eigenvalue weighted by Gasteiger charge is 2.10. The molecule has 0 amide bonds. The molecule has 0 aliphatic rings. The van der Waals surface area contributed by atoms with Crippen LogP contribution in [0, 0.1) is 11.7 Å². The van der Waals surface area contributed by atoms with Crippen molar-refractivity contribution in [3.8, 4) is 0 Å². The molecule has 0 spiro atoms. The van der Waals surface area contributed by atoms with Crippen molar-refractivity contribution < 1.29 is 9.50 Å². The van der Waals surface area contributed by atoms with Gasteiger partial charge in [0.1, 0.15) is 5.82 Å². The van der Waals surface area contributed by atoms with E-state index < -0.39 is 6.10 Å². The maximum atomic E-state index is 13.3. The molecule has 17 heavy (non-hydrogen) atoms. The fraction of sp³-hybridized carbons (Fsp3) is 0.571. The molecule has 0 bridgehead atoms. The zero-order valence-electron chi connectivity index (χ0n) is 10.6. The van der Waals surface area contributed by atoms with Gasteiger partial charge in [0.25, 0.3) is 0 Å². The number of rotatable bonds is 7. The van der Waals surface area contributed by atoms with E-state index in [1.807, 2.05) is 0 Å². The van der Waals surface area contributed by atoms with Crippen molar-refractivity contribution in [3.05, 3.63) is 35.6 Å². The molecule has 1 aromatic rings. The van der Waals surface area contributed by atoms with Gasteiger partial charge in [0.15, 0.2) is 0 Å². The highest BCUT2D eigenvalue weighted by molar-refractivity contribution is 5.19. The van der Waals surface area contributed by atoms with Gasteiger partial charge >= 0.3 is 0 Å². The molecule has 1 atom stereocenters. The molecule has 96 valence electrons. The van der Waals surface area contributed by atoms with Crippen LogP contribution >= 0.6 is 0 Å². The maximum Gasteiger partial charge on any atom is 0.129 e. The second kappa shape index (κ2) is 7.41. The Hall–Kier alpha value is -0.930. The van der Waals surface area contributed by atoms with Crippen LogP contribution in [0.15, 0.2) is 24.3 Å². The number of nitrogens with one attached hydrogen (secondary N) is 1. The van der Waals surface area contributed by atoms with Crippen molar-refractivity contribution in [1.82, 2.24) is 5.32 Å². The van der Waals surface area contributed by atoms with Crippen molar-refractivity contribution in [2.45, 2.75) is 32.8 Å². The largest absolute Gasteiger partial charge is 0.387 e. The summed E-state index contributed by atoms with van der Waals surface area (Å²) in [6.07, 6.45) is 1.49. The third-order valence-electron chi connectivity index (χ3n) is 2.74. The summed E-state index contributed by atoms with van der Waals surface area (Å²) in [5, 5.41) is 13.0. The molecule has 0 aromatic heterocycles. The van der Waals surface area contributed by atoms with E-state index in [1.165, 1.54) is 12.5 Å². The Kier molecular flexibility index (Phi) is 6.16. The lowest BCUT2D eigenvalue weighted by molar-refractivity contribution is 0.170. The van der Waals surface area contributed by atoms with Crippen molar-refractivity contribution in [2.75, 3.05) is 13.1 Å². The Morgan fingerprint density at radius 1 is 1.29 bits per heavy atom. The minimum absolute atomic E-state index is 0.344.